The lowest BCUT2D eigenvalue weighted by atomic mass is 10.1. The number of hydrogen-bond acceptors (Lipinski definition) is 3. The van der Waals surface area contributed by atoms with Crippen molar-refractivity contribution in [3.05, 3.63) is 34.7 Å². The van der Waals surface area contributed by atoms with Gasteiger partial charge in [-0.3, -0.25) is 0 Å². The fourth-order valence-electron chi connectivity index (χ4n) is 1.17. The highest BCUT2D eigenvalue weighted by molar-refractivity contribution is 5.75. The minimum atomic E-state index is 0.000278. The van der Waals surface area contributed by atoms with E-state index in [0.717, 1.165) is 6.42 Å². The van der Waals surface area contributed by atoms with Crippen molar-refractivity contribution in [3.8, 4) is 5.75 Å². The minimum absolute atomic E-state index is 0.000278. The van der Waals surface area contributed by atoms with Crippen LogP contribution in [0.25, 0.3) is 10.4 Å². The summed E-state index contributed by atoms with van der Waals surface area (Å²) in [5.41, 5.74) is 8.25. The number of azide groups is 1. The van der Waals surface area contributed by atoms with Crippen LogP contribution in [0.4, 0.5) is 5.69 Å². The molecule has 0 radical (unpaired) electrons. The molecule has 1 aromatic rings. The summed E-state index contributed by atoms with van der Waals surface area (Å²) in [6.07, 6.45) is 0.722. The summed E-state index contributed by atoms with van der Waals surface area (Å²) in [5, 5.41) is 12.2. The van der Waals surface area contributed by atoms with Gasteiger partial charge in [-0.1, -0.05) is 31.1 Å². The number of nitrogens with zero attached hydrogens (tertiary/aromatic N) is 3. The highest BCUT2D eigenvalue weighted by Gasteiger charge is 1.95. The summed E-state index contributed by atoms with van der Waals surface area (Å²) in [4.78, 5) is 12.8. The Morgan fingerprint density at radius 2 is 2.06 bits per heavy atom. The van der Waals surface area contributed by atoms with Crippen LogP contribution in [0.15, 0.2) is 29.4 Å². The fraction of sp³-hybridized carbons (Fsp3) is 0.417. The first-order chi connectivity index (χ1) is 7.97. The van der Waals surface area contributed by atoms with Crippen LogP contribution in [0.1, 0.15) is 27.2 Å². The Labute approximate surface area is 101 Å². The van der Waals surface area contributed by atoms with E-state index in [1.807, 2.05) is 13.8 Å². The number of aromatic hydroxyl groups is 1. The van der Waals surface area contributed by atoms with Gasteiger partial charge >= 0.3 is 0 Å². The number of hydrogen-bond donors (Lipinski definition) is 1. The van der Waals surface area contributed by atoms with Gasteiger partial charge in [0.2, 0.25) is 0 Å². The highest BCUT2D eigenvalue weighted by Crippen LogP contribution is 2.24. The first kappa shape index (κ1) is 15.0. The van der Waals surface area contributed by atoms with Crippen molar-refractivity contribution in [2.75, 3.05) is 0 Å². The van der Waals surface area contributed by atoms with Crippen molar-refractivity contribution < 1.29 is 9.90 Å². The number of Topliss-reactive ketones (excluding diaryl/α,β-unsaturated/α-hetero) is 1. The van der Waals surface area contributed by atoms with Crippen molar-refractivity contribution >= 4 is 11.5 Å². The van der Waals surface area contributed by atoms with Crippen molar-refractivity contribution in [2.45, 2.75) is 27.2 Å². The molecule has 0 aliphatic carbocycles. The van der Waals surface area contributed by atoms with Crippen LogP contribution in [-0.2, 0) is 4.79 Å². The predicted octanol–water partition coefficient (Wildman–Crippen LogP) is 3.96. The Morgan fingerprint density at radius 1 is 1.47 bits per heavy atom. The number of rotatable bonds is 3. The van der Waals surface area contributed by atoms with Crippen molar-refractivity contribution in [2.24, 2.45) is 11.0 Å². The van der Waals surface area contributed by atoms with Gasteiger partial charge < -0.3 is 9.90 Å². The number of para-hydroxylation sites is 1. The third-order valence-corrected chi connectivity index (χ3v) is 1.73. The van der Waals surface area contributed by atoms with Crippen LogP contribution in [0, 0.1) is 5.92 Å². The first-order valence-corrected chi connectivity index (χ1v) is 5.30. The van der Waals surface area contributed by atoms with Gasteiger partial charge in [0.05, 0.1) is 5.69 Å². The highest BCUT2D eigenvalue weighted by atomic mass is 16.3. The summed E-state index contributed by atoms with van der Waals surface area (Å²) >= 11 is 0. The van der Waals surface area contributed by atoms with E-state index in [1.54, 1.807) is 19.1 Å². The van der Waals surface area contributed by atoms with Gasteiger partial charge in [0, 0.05) is 11.3 Å². The number of carbonyl (C=O) groups excluding carboxylic acids is 1. The molecule has 0 saturated heterocycles. The van der Waals surface area contributed by atoms with Gasteiger partial charge in [0.1, 0.15) is 11.5 Å². The molecule has 0 heterocycles. The average Bonchev–Trinajstić information content (AvgIpc) is 2.20. The predicted molar refractivity (Wildman–Crippen MR) is 67.0 cm³/mol. The zero-order valence-electron chi connectivity index (χ0n) is 10.3. The lowest BCUT2D eigenvalue weighted by molar-refractivity contribution is -0.117. The van der Waals surface area contributed by atoms with Gasteiger partial charge in [0.25, 0.3) is 0 Å². The molecule has 1 N–H and O–H groups in total. The summed E-state index contributed by atoms with van der Waals surface area (Å²) in [6.45, 7) is 5.71. The molecule has 5 heteroatoms. The Kier molecular flexibility index (Phi) is 7.22. The summed E-state index contributed by atoms with van der Waals surface area (Å²) in [6, 6.07) is 6.34. The summed E-state index contributed by atoms with van der Waals surface area (Å²) in [7, 11) is 0. The number of ketones is 1. The molecular formula is C12H17N3O2. The molecule has 0 amide bonds. The van der Waals surface area contributed by atoms with Gasteiger partial charge in [-0.2, -0.15) is 0 Å². The maximum absolute atomic E-state index is 10.3. The van der Waals surface area contributed by atoms with E-state index in [4.69, 9.17) is 10.6 Å². The SMILES string of the molecule is CC(=O)CC(C)C.[N-]=[N+]=Nc1ccccc1O. The van der Waals surface area contributed by atoms with E-state index >= 15 is 0 Å². The molecule has 0 aliphatic rings. The molecule has 92 valence electrons. The van der Waals surface area contributed by atoms with Crippen LogP contribution in [0.3, 0.4) is 0 Å². The summed E-state index contributed by atoms with van der Waals surface area (Å²) < 4.78 is 0. The van der Waals surface area contributed by atoms with E-state index in [9.17, 15) is 4.79 Å². The maximum atomic E-state index is 10.3. The van der Waals surface area contributed by atoms with E-state index in [-0.39, 0.29) is 17.2 Å². The second-order valence-electron chi connectivity index (χ2n) is 3.98. The third kappa shape index (κ3) is 7.88. The Bertz CT molecular complexity index is 410. The zero-order valence-corrected chi connectivity index (χ0v) is 10.3. The summed E-state index contributed by atoms with van der Waals surface area (Å²) in [5.74, 6) is 0.813. The smallest absolute Gasteiger partial charge is 0.130 e. The van der Waals surface area contributed by atoms with Crippen LogP contribution >= 0.6 is 0 Å². The van der Waals surface area contributed by atoms with Crippen LogP contribution < -0.4 is 0 Å². The van der Waals surface area contributed by atoms with Crippen LogP contribution in [0.2, 0.25) is 0 Å². The lowest BCUT2D eigenvalue weighted by Crippen LogP contribution is -1.95. The molecule has 0 bridgehead atoms. The largest absolute Gasteiger partial charge is 0.507 e. The minimum Gasteiger partial charge on any atom is -0.507 e. The van der Waals surface area contributed by atoms with E-state index in [0.29, 0.717) is 5.92 Å². The van der Waals surface area contributed by atoms with E-state index < -0.39 is 0 Å². The van der Waals surface area contributed by atoms with Crippen LogP contribution in [-0.4, -0.2) is 10.9 Å². The molecule has 0 saturated carbocycles. The number of phenols is 1. The fourth-order valence-corrected chi connectivity index (χ4v) is 1.17. The van der Waals surface area contributed by atoms with Gasteiger partial charge in [-0.25, -0.2) is 0 Å². The van der Waals surface area contributed by atoms with E-state index in [2.05, 4.69) is 10.0 Å². The number of carbonyl (C=O) groups is 1. The third-order valence-electron chi connectivity index (χ3n) is 1.73. The van der Waals surface area contributed by atoms with Crippen molar-refractivity contribution in [3.63, 3.8) is 0 Å². The molecule has 1 aromatic carbocycles. The molecule has 0 aromatic heterocycles. The number of benzene rings is 1. The second kappa shape index (κ2) is 8.19. The molecule has 0 aliphatic heterocycles. The van der Waals surface area contributed by atoms with Crippen LogP contribution in [0.5, 0.6) is 5.75 Å². The Hall–Kier alpha value is -2.00. The van der Waals surface area contributed by atoms with Gasteiger partial charge in [0.15, 0.2) is 0 Å². The topological polar surface area (TPSA) is 86.1 Å². The lowest BCUT2D eigenvalue weighted by Gasteiger charge is -1.95. The van der Waals surface area contributed by atoms with E-state index in [1.165, 1.54) is 12.1 Å². The molecule has 0 fully saturated rings. The molecule has 1 rings (SSSR count). The molecule has 0 atom stereocenters. The Balaban J connectivity index is 0.000000325. The average molecular weight is 235 g/mol. The molecule has 0 unspecified atom stereocenters. The molecular weight excluding hydrogens is 218 g/mol. The maximum Gasteiger partial charge on any atom is 0.130 e. The molecule has 17 heavy (non-hydrogen) atoms. The van der Waals surface area contributed by atoms with Crippen molar-refractivity contribution in [1.29, 1.82) is 0 Å². The second-order valence-corrected chi connectivity index (χ2v) is 3.98. The van der Waals surface area contributed by atoms with Crippen molar-refractivity contribution in [1.82, 2.24) is 0 Å². The zero-order chi connectivity index (χ0) is 13.3. The standard InChI is InChI=1S/C6H5N3O.C6H12O/c7-9-8-5-3-1-2-4-6(5)10;1-5(2)4-6(3)7/h1-4,10H;5H,4H2,1-3H3. The van der Waals surface area contributed by atoms with Gasteiger partial charge in [-0.05, 0) is 30.5 Å². The molecule has 5 nitrogen and oxygen atoms in total. The first-order valence-electron chi connectivity index (χ1n) is 5.30. The Morgan fingerprint density at radius 3 is 2.41 bits per heavy atom. The van der Waals surface area contributed by atoms with Gasteiger partial charge in [-0.15, -0.1) is 0 Å². The quantitative estimate of drug-likeness (QED) is 0.488. The monoisotopic (exact) mass is 235 g/mol. The number of phenolic OH excluding ortho intramolecular Hbond substituents is 1. The molecule has 0 spiro atoms. The normalized spacial score (nSPS) is 8.94.